The molecule has 1 aromatic heterocycles. The molecule has 2 aromatic carbocycles. The lowest BCUT2D eigenvalue weighted by atomic mass is 10.1. The fourth-order valence-electron chi connectivity index (χ4n) is 3.13. The van der Waals surface area contributed by atoms with Crippen molar-refractivity contribution in [3.05, 3.63) is 62.6 Å². The number of benzene rings is 2. The van der Waals surface area contributed by atoms with Gasteiger partial charge < -0.3 is 5.32 Å². The number of hydrogen-bond acceptors (Lipinski definition) is 2. The summed E-state index contributed by atoms with van der Waals surface area (Å²) in [5.41, 5.74) is 1.23. The van der Waals surface area contributed by atoms with Gasteiger partial charge in [0.2, 0.25) is 0 Å². The van der Waals surface area contributed by atoms with Crippen molar-refractivity contribution in [2.24, 2.45) is 0 Å². The highest BCUT2D eigenvalue weighted by molar-refractivity contribution is 6.39. The second-order valence-electron chi connectivity index (χ2n) is 6.02. The zero-order valence-corrected chi connectivity index (χ0v) is 15.8. The van der Waals surface area contributed by atoms with E-state index in [0.717, 1.165) is 17.7 Å². The van der Waals surface area contributed by atoms with Crippen LogP contribution >= 0.6 is 34.8 Å². The van der Waals surface area contributed by atoms with Crippen molar-refractivity contribution in [1.82, 2.24) is 9.78 Å². The molecule has 27 heavy (non-hydrogen) atoms. The van der Waals surface area contributed by atoms with E-state index in [2.05, 4.69) is 10.4 Å². The number of halogens is 6. The molecule has 0 fully saturated rings. The number of hydrogen-bond donors (Lipinski definition) is 1. The molecule has 4 rings (SSSR count). The van der Waals surface area contributed by atoms with E-state index < -0.39 is 11.7 Å². The van der Waals surface area contributed by atoms with Crippen LogP contribution < -0.4 is 5.32 Å². The van der Waals surface area contributed by atoms with Gasteiger partial charge in [-0.25, -0.2) is 4.68 Å². The van der Waals surface area contributed by atoms with Gasteiger partial charge in [-0.05, 0) is 36.8 Å². The van der Waals surface area contributed by atoms with E-state index in [1.807, 2.05) is 0 Å². The molecule has 0 bridgehead atoms. The van der Waals surface area contributed by atoms with Crippen molar-refractivity contribution in [3.8, 4) is 16.9 Å². The highest BCUT2D eigenvalue weighted by Gasteiger charge is 2.32. The maximum absolute atomic E-state index is 13.1. The van der Waals surface area contributed by atoms with Crippen LogP contribution in [-0.4, -0.2) is 16.3 Å². The lowest BCUT2D eigenvalue weighted by Gasteiger charge is -2.12. The van der Waals surface area contributed by atoms with Crippen LogP contribution in [0.5, 0.6) is 0 Å². The Morgan fingerprint density at radius 2 is 1.70 bits per heavy atom. The maximum Gasteiger partial charge on any atom is 0.416 e. The van der Waals surface area contributed by atoms with Gasteiger partial charge in [0.05, 0.1) is 26.3 Å². The molecule has 1 N–H and O–H groups in total. The van der Waals surface area contributed by atoms with Gasteiger partial charge in [0.15, 0.2) is 0 Å². The van der Waals surface area contributed by atoms with E-state index in [-0.39, 0.29) is 10.7 Å². The molecular formula is C18H11Cl3F3N3. The summed E-state index contributed by atoms with van der Waals surface area (Å²) in [6, 6.07) is 8.22. The maximum atomic E-state index is 13.1. The fourth-order valence-corrected chi connectivity index (χ4v) is 3.90. The van der Waals surface area contributed by atoms with Crippen molar-refractivity contribution in [2.75, 3.05) is 11.9 Å². The molecule has 2 heterocycles. The molecule has 0 saturated heterocycles. The lowest BCUT2D eigenvalue weighted by Crippen LogP contribution is -2.09. The Hall–Kier alpha value is -1.89. The van der Waals surface area contributed by atoms with E-state index in [1.165, 1.54) is 10.7 Å². The largest absolute Gasteiger partial charge is 0.416 e. The van der Waals surface area contributed by atoms with Crippen molar-refractivity contribution < 1.29 is 13.2 Å². The second kappa shape index (κ2) is 6.62. The Morgan fingerprint density at radius 3 is 2.37 bits per heavy atom. The first-order valence-electron chi connectivity index (χ1n) is 7.94. The third-order valence-corrected chi connectivity index (χ3v) is 5.30. The van der Waals surface area contributed by atoms with Crippen LogP contribution in [0, 0.1) is 0 Å². The zero-order chi connectivity index (χ0) is 19.3. The van der Waals surface area contributed by atoms with Gasteiger partial charge in [0.1, 0.15) is 11.5 Å². The summed E-state index contributed by atoms with van der Waals surface area (Å²) in [5.74, 6) is 0.585. The van der Waals surface area contributed by atoms with Crippen LogP contribution in [0.1, 0.15) is 11.1 Å². The normalized spacial score (nSPS) is 13.6. The molecule has 0 saturated carbocycles. The molecule has 1 aliphatic heterocycles. The minimum Gasteiger partial charge on any atom is -0.369 e. The monoisotopic (exact) mass is 431 g/mol. The molecular weight excluding hydrogens is 422 g/mol. The average Bonchev–Trinajstić information content (AvgIpc) is 3.18. The summed E-state index contributed by atoms with van der Waals surface area (Å²) >= 11 is 18.8. The molecule has 140 valence electrons. The van der Waals surface area contributed by atoms with Crippen LogP contribution in [0.3, 0.4) is 0 Å². The summed E-state index contributed by atoms with van der Waals surface area (Å²) in [6.45, 7) is 0.624. The topological polar surface area (TPSA) is 29.9 Å². The molecule has 3 nitrogen and oxygen atoms in total. The molecule has 0 aliphatic carbocycles. The van der Waals surface area contributed by atoms with E-state index in [0.29, 0.717) is 40.1 Å². The molecule has 9 heteroatoms. The van der Waals surface area contributed by atoms with Crippen LogP contribution in [0.15, 0.2) is 36.4 Å². The van der Waals surface area contributed by atoms with Gasteiger partial charge in [-0.15, -0.1) is 0 Å². The quantitative estimate of drug-likeness (QED) is 0.502. The molecule has 0 amide bonds. The SMILES string of the molecule is FC(F)(F)c1ccc(Cl)c(-n2nc(-c3c(Cl)cccc3Cl)c3c2NCC3)c1. The van der Waals surface area contributed by atoms with Gasteiger partial charge in [-0.2, -0.15) is 18.3 Å². The molecule has 1 aliphatic rings. The Bertz CT molecular complexity index is 1020. The Balaban J connectivity index is 1.95. The zero-order valence-electron chi connectivity index (χ0n) is 13.5. The third kappa shape index (κ3) is 3.16. The number of rotatable bonds is 2. The second-order valence-corrected chi connectivity index (χ2v) is 7.25. The number of alkyl halides is 3. The molecule has 0 unspecified atom stereocenters. The number of nitrogens with zero attached hydrogens (tertiary/aromatic N) is 2. The molecule has 0 spiro atoms. The van der Waals surface area contributed by atoms with Crippen LogP contribution in [0.2, 0.25) is 15.1 Å². The summed E-state index contributed by atoms with van der Waals surface area (Å²) in [5, 5.41) is 8.65. The van der Waals surface area contributed by atoms with Crippen molar-refractivity contribution in [2.45, 2.75) is 12.6 Å². The molecule has 0 atom stereocenters. The average molecular weight is 433 g/mol. The minimum absolute atomic E-state index is 0.131. The molecule has 0 radical (unpaired) electrons. The predicted octanol–water partition coefficient (Wildman–Crippen LogP) is 6.49. The number of fused-ring (bicyclic) bond motifs is 1. The fraction of sp³-hybridized carbons (Fsp3) is 0.167. The van der Waals surface area contributed by atoms with Crippen LogP contribution in [0.25, 0.3) is 16.9 Å². The van der Waals surface area contributed by atoms with Crippen molar-refractivity contribution in [1.29, 1.82) is 0 Å². The van der Waals surface area contributed by atoms with Crippen molar-refractivity contribution in [3.63, 3.8) is 0 Å². The number of anilines is 1. The van der Waals surface area contributed by atoms with Gasteiger partial charge in [-0.1, -0.05) is 40.9 Å². The first-order valence-corrected chi connectivity index (χ1v) is 9.08. The Morgan fingerprint density at radius 1 is 1.00 bits per heavy atom. The lowest BCUT2D eigenvalue weighted by molar-refractivity contribution is -0.137. The van der Waals surface area contributed by atoms with Gasteiger partial charge in [-0.3, -0.25) is 0 Å². The Kier molecular flexibility index (Phi) is 4.53. The van der Waals surface area contributed by atoms with Gasteiger partial charge in [0, 0.05) is 17.7 Å². The summed E-state index contributed by atoms with van der Waals surface area (Å²) in [6.07, 6.45) is -3.85. The van der Waals surface area contributed by atoms with Crippen LogP contribution in [-0.2, 0) is 12.6 Å². The van der Waals surface area contributed by atoms with Crippen molar-refractivity contribution >= 4 is 40.6 Å². The number of nitrogens with one attached hydrogen (secondary N) is 1. The van der Waals surface area contributed by atoms with Crippen LogP contribution in [0.4, 0.5) is 19.0 Å². The van der Waals surface area contributed by atoms with Gasteiger partial charge >= 0.3 is 6.18 Å². The van der Waals surface area contributed by atoms with E-state index in [9.17, 15) is 13.2 Å². The summed E-state index contributed by atoms with van der Waals surface area (Å²) in [4.78, 5) is 0. The number of aromatic nitrogens is 2. The standard InChI is InChI=1S/C18H11Cl3F3N3/c19-11-5-4-9(18(22,23)24)8-14(11)27-17-10(6-7-25-17)16(26-27)15-12(20)2-1-3-13(15)21/h1-5,8,25H,6-7H2. The first kappa shape index (κ1) is 18.5. The van der Waals surface area contributed by atoms with E-state index in [4.69, 9.17) is 34.8 Å². The molecule has 3 aromatic rings. The summed E-state index contributed by atoms with van der Waals surface area (Å²) < 4.78 is 40.8. The summed E-state index contributed by atoms with van der Waals surface area (Å²) in [7, 11) is 0. The van der Waals surface area contributed by atoms with E-state index >= 15 is 0 Å². The van der Waals surface area contributed by atoms with E-state index in [1.54, 1.807) is 18.2 Å². The van der Waals surface area contributed by atoms with Gasteiger partial charge in [0.25, 0.3) is 0 Å². The smallest absolute Gasteiger partial charge is 0.369 e. The highest BCUT2D eigenvalue weighted by atomic mass is 35.5. The highest BCUT2D eigenvalue weighted by Crippen LogP contribution is 2.42. The first-order chi connectivity index (χ1) is 12.8. The predicted molar refractivity (Wildman–Crippen MR) is 101 cm³/mol. The third-order valence-electron chi connectivity index (χ3n) is 4.35. The Labute approximate surface area is 167 Å². The minimum atomic E-state index is -4.49.